The molecule has 0 fully saturated rings. The molecule has 68 valence electrons. The molecule has 5 nitrogen and oxygen atoms in total. The van der Waals surface area contributed by atoms with Gasteiger partial charge in [-0.2, -0.15) is 9.38 Å². The van der Waals surface area contributed by atoms with Gasteiger partial charge in [-0.3, -0.25) is 0 Å². The van der Waals surface area contributed by atoms with Crippen LogP contribution in [0.5, 0.6) is 0 Å². The van der Waals surface area contributed by atoms with E-state index < -0.39 is 4.92 Å². The normalized spacial score (nSPS) is 10.8. The molecule has 0 N–H and O–H groups in total. The largest absolute Gasteiger partial charge is 0.362 e. The van der Waals surface area contributed by atoms with Crippen LogP contribution in [0.1, 0.15) is 0 Å². The van der Waals surface area contributed by atoms with Gasteiger partial charge in [-0.25, -0.2) is 0 Å². The maximum absolute atomic E-state index is 10.7. The van der Waals surface area contributed by atoms with Crippen molar-refractivity contribution >= 4 is 33.9 Å². The second-order valence-electron chi connectivity index (χ2n) is 2.26. The lowest BCUT2D eigenvalue weighted by atomic mass is 10.7. The minimum absolute atomic E-state index is 0.0590. The number of thioether (sulfide) groups is 1. The Hall–Kier alpha value is -1.08. The summed E-state index contributed by atoms with van der Waals surface area (Å²) in [4.78, 5) is 15.1. The van der Waals surface area contributed by atoms with Crippen molar-refractivity contribution in [3.63, 3.8) is 0 Å². The second kappa shape index (κ2) is 3.00. The van der Waals surface area contributed by atoms with E-state index in [4.69, 9.17) is 0 Å². The number of nitro groups is 1. The number of rotatable bonds is 2. The Bertz CT molecular complexity index is 461. The zero-order valence-electron chi connectivity index (χ0n) is 6.63. The second-order valence-corrected chi connectivity index (χ2v) is 3.93. The lowest BCUT2D eigenvalue weighted by Crippen LogP contribution is -1.92. The highest BCUT2D eigenvalue weighted by atomic mass is 32.2. The maximum Gasteiger partial charge on any atom is 0.362 e. The van der Waals surface area contributed by atoms with E-state index in [1.54, 1.807) is 17.8 Å². The molecule has 13 heavy (non-hydrogen) atoms. The van der Waals surface area contributed by atoms with Gasteiger partial charge in [0.1, 0.15) is 6.20 Å². The average molecular weight is 215 g/mol. The first-order chi connectivity index (χ1) is 6.24. The van der Waals surface area contributed by atoms with Gasteiger partial charge in [0.25, 0.3) is 4.96 Å². The Balaban J connectivity index is 2.77. The third kappa shape index (κ3) is 1.20. The number of thiazole rings is 1. The molecule has 0 saturated heterocycles. The molecule has 2 rings (SSSR count). The van der Waals surface area contributed by atoms with Crippen LogP contribution in [0.3, 0.4) is 0 Å². The first-order valence-corrected chi connectivity index (χ1v) is 5.48. The highest BCUT2D eigenvalue weighted by Crippen LogP contribution is 2.29. The van der Waals surface area contributed by atoms with Crippen molar-refractivity contribution in [3.8, 4) is 0 Å². The van der Waals surface area contributed by atoms with Gasteiger partial charge in [0.05, 0.1) is 0 Å². The van der Waals surface area contributed by atoms with Gasteiger partial charge in [-0.1, -0.05) is 11.3 Å². The number of nitrogens with zero attached hydrogens (tertiary/aromatic N) is 3. The zero-order chi connectivity index (χ0) is 9.42. The van der Waals surface area contributed by atoms with Crippen LogP contribution in [0.25, 0.3) is 4.96 Å². The first kappa shape index (κ1) is 8.52. The Kier molecular flexibility index (Phi) is 1.97. The van der Waals surface area contributed by atoms with Crippen LogP contribution in [0.15, 0.2) is 16.6 Å². The Morgan fingerprint density at radius 1 is 1.77 bits per heavy atom. The van der Waals surface area contributed by atoms with Crippen LogP contribution in [0.4, 0.5) is 5.82 Å². The predicted molar refractivity (Wildman–Crippen MR) is 51.5 cm³/mol. The van der Waals surface area contributed by atoms with Gasteiger partial charge in [-0.15, -0.1) is 11.8 Å². The van der Waals surface area contributed by atoms with Gasteiger partial charge >= 0.3 is 5.82 Å². The molecule has 0 amide bonds. The average Bonchev–Trinajstić information content (AvgIpc) is 2.59. The van der Waals surface area contributed by atoms with E-state index in [9.17, 15) is 10.1 Å². The fourth-order valence-corrected chi connectivity index (χ4v) is 2.36. The molecule has 0 aromatic carbocycles. The molecule has 0 aliphatic carbocycles. The van der Waals surface area contributed by atoms with Crippen molar-refractivity contribution in [2.45, 2.75) is 5.03 Å². The SMILES string of the molecule is CSc1nc2sccn2c1[N+](=O)[O-]. The highest BCUT2D eigenvalue weighted by Gasteiger charge is 2.22. The Labute approximate surface area is 81.6 Å². The summed E-state index contributed by atoms with van der Waals surface area (Å²) in [5.41, 5.74) is 0. The molecule has 2 aromatic rings. The predicted octanol–water partition coefficient (Wildman–Crippen LogP) is 2.03. The Morgan fingerprint density at radius 3 is 3.15 bits per heavy atom. The van der Waals surface area contributed by atoms with Crippen molar-refractivity contribution in [2.75, 3.05) is 6.26 Å². The first-order valence-electron chi connectivity index (χ1n) is 3.38. The number of imidazole rings is 1. The minimum Gasteiger partial charge on any atom is -0.358 e. The van der Waals surface area contributed by atoms with Crippen molar-refractivity contribution in [1.82, 2.24) is 9.38 Å². The van der Waals surface area contributed by atoms with Crippen LogP contribution in [0.2, 0.25) is 0 Å². The summed E-state index contributed by atoms with van der Waals surface area (Å²) < 4.78 is 1.50. The smallest absolute Gasteiger partial charge is 0.358 e. The number of hydrogen-bond acceptors (Lipinski definition) is 5. The number of aromatic nitrogens is 2. The lowest BCUT2D eigenvalue weighted by molar-refractivity contribution is -0.393. The molecule has 2 heterocycles. The molecular formula is C6H5N3O2S2. The van der Waals surface area contributed by atoms with Crippen LogP contribution >= 0.6 is 23.1 Å². The summed E-state index contributed by atoms with van der Waals surface area (Å²) in [5, 5.41) is 12.9. The Morgan fingerprint density at radius 2 is 2.54 bits per heavy atom. The molecule has 0 spiro atoms. The van der Waals surface area contributed by atoms with Crippen molar-refractivity contribution in [3.05, 3.63) is 21.7 Å². The van der Waals surface area contributed by atoms with Gasteiger partial charge in [0.2, 0.25) is 0 Å². The monoisotopic (exact) mass is 215 g/mol. The van der Waals surface area contributed by atoms with E-state index in [2.05, 4.69) is 4.98 Å². The molecule has 2 aromatic heterocycles. The molecule has 0 atom stereocenters. The summed E-state index contributed by atoms with van der Waals surface area (Å²) in [5.74, 6) is 0.0590. The van der Waals surface area contributed by atoms with Crippen molar-refractivity contribution in [2.24, 2.45) is 0 Å². The summed E-state index contributed by atoms with van der Waals surface area (Å²) >= 11 is 2.68. The fourth-order valence-electron chi connectivity index (χ4n) is 1.06. The van der Waals surface area contributed by atoms with Gasteiger partial charge in [-0.05, 0) is 11.2 Å². The molecule has 7 heteroatoms. The summed E-state index contributed by atoms with van der Waals surface area (Å²) in [6.07, 6.45) is 3.43. The molecular weight excluding hydrogens is 210 g/mol. The van der Waals surface area contributed by atoms with Gasteiger partial charge in [0.15, 0.2) is 5.03 Å². The van der Waals surface area contributed by atoms with E-state index in [0.717, 1.165) is 0 Å². The van der Waals surface area contributed by atoms with E-state index in [1.807, 2.05) is 0 Å². The van der Waals surface area contributed by atoms with Crippen molar-refractivity contribution < 1.29 is 4.92 Å². The van der Waals surface area contributed by atoms with Crippen LogP contribution in [-0.4, -0.2) is 20.6 Å². The van der Waals surface area contributed by atoms with Gasteiger partial charge in [0, 0.05) is 5.38 Å². The summed E-state index contributed by atoms with van der Waals surface area (Å²) in [6.45, 7) is 0. The molecule has 0 aliphatic heterocycles. The number of fused-ring (bicyclic) bond motifs is 1. The summed E-state index contributed by atoms with van der Waals surface area (Å²) in [6, 6.07) is 0. The topological polar surface area (TPSA) is 60.4 Å². The van der Waals surface area contributed by atoms with E-state index in [-0.39, 0.29) is 5.82 Å². The number of hydrogen-bond donors (Lipinski definition) is 0. The van der Waals surface area contributed by atoms with E-state index >= 15 is 0 Å². The standard InChI is InChI=1S/C6H5N3O2S2/c1-12-4-5(9(10)11)8-2-3-13-6(8)7-4/h2-3H,1H3. The summed E-state index contributed by atoms with van der Waals surface area (Å²) in [7, 11) is 0. The maximum atomic E-state index is 10.7. The van der Waals surface area contributed by atoms with E-state index in [1.165, 1.54) is 27.5 Å². The molecule has 0 radical (unpaired) electrons. The van der Waals surface area contributed by atoms with Gasteiger partial charge < -0.3 is 10.1 Å². The third-order valence-electron chi connectivity index (χ3n) is 1.57. The van der Waals surface area contributed by atoms with Crippen LogP contribution < -0.4 is 0 Å². The molecule has 0 saturated carbocycles. The van der Waals surface area contributed by atoms with Crippen LogP contribution in [0, 0.1) is 10.1 Å². The fraction of sp³-hybridized carbons (Fsp3) is 0.167. The lowest BCUT2D eigenvalue weighted by Gasteiger charge is -1.92. The van der Waals surface area contributed by atoms with Crippen LogP contribution in [-0.2, 0) is 0 Å². The molecule has 0 unspecified atom stereocenters. The quantitative estimate of drug-likeness (QED) is 0.437. The molecule has 0 aliphatic rings. The van der Waals surface area contributed by atoms with Crippen molar-refractivity contribution in [1.29, 1.82) is 0 Å². The molecule has 0 bridgehead atoms. The highest BCUT2D eigenvalue weighted by molar-refractivity contribution is 7.98. The third-order valence-corrected chi connectivity index (χ3v) is 2.99. The van der Waals surface area contributed by atoms with E-state index in [0.29, 0.717) is 9.99 Å². The minimum atomic E-state index is -0.404. The zero-order valence-corrected chi connectivity index (χ0v) is 8.26.